The maximum Gasteiger partial charge on any atom is 0.248 e. The number of carbonyl (C=O) groups excluding carboxylic acids is 1. The molecular formula is C23H32N6O2. The summed E-state index contributed by atoms with van der Waals surface area (Å²) in [6, 6.07) is 12.0. The number of nitrogens with zero attached hydrogens (tertiary/aromatic N) is 6. The summed E-state index contributed by atoms with van der Waals surface area (Å²) in [5, 5.41) is 0. The molecule has 8 nitrogen and oxygen atoms in total. The summed E-state index contributed by atoms with van der Waals surface area (Å²) in [7, 11) is 2.15. The smallest absolute Gasteiger partial charge is 0.248 e. The van der Waals surface area contributed by atoms with Gasteiger partial charge in [-0.3, -0.25) is 4.79 Å². The Balaban J connectivity index is 1.28. The second-order valence-corrected chi connectivity index (χ2v) is 8.27. The molecule has 0 saturated carbocycles. The zero-order valence-electron chi connectivity index (χ0n) is 18.5. The fraction of sp³-hybridized carbons (Fsp3) is 0.522. The molecule has 2 aromatic rings. The molecule has 0 spiro atoms. The molecule has 2 aliphatic heterocycles. The molecule has 0 radical (unpaired) electrons. The van der Waals surface area contributed by atoms with Crippen LogP contribution in [0.15, 0.2) is 36.4 Å². The Kier molecular flexibility index (Phi) is 6.99. The topological polar surface area (TPSA) is 65.0 Å². The van der Waals surface area contributed by atoms with Gasteiger partial charge in [-0.05, 0) is 19.5 Å². The second kappa shape index (κ2) is 10.1. The Bertz CT molecular complexity index is 862. The highest BCUT2D eigenvalue weighted by Gasteiger charge is 2.23. The summed E-state index contributed by atoms with van der Waals surface area (Å²) < 4.78 is 5.62. The van der Waals surface area contributed by atoms with Crippen molar-refractivity contribution in [3.8, 4) is 0 Å². The lowest BCUT2D eigenvalue weighted by Gasteiger charge is -2.36. The molecule has 1 aromatic heterocycles. The van der Waals surface area contributed by atoms with Crippen LogP contribution in [0.3, 0.4) is 0 Å². The predicted molar refractivity (Wildman–Crippen MR) is 121 cm³/mol. The quantitative estimate of drug-likeness (QED) is 0.695. The number of anilines is 2. The molecule has 0 N–H and O–H groups in total. The van der Waals surface area contributed by atoms with E-state index >= 15 is 0 Å². The van der Waals surface area contributed by atoms with E-state index in [0.29, 0.717) is 19.7 Å². The van der Waals surface area contributed by atoms with Crippen LogP contribution in [0, 0.1) is 6.92 Å². The third-order valence-corrected chi connectivity index (χ3v) is 5.93. The minimum Gasteiger partial charge on any atom is -0.367 e. The number of rotatable bonds is 6. The largest absolute Gasteiger partial charge is 0.367 e. The molecular weight excluding hydrogens is 392 g/mol. The number of ether oxygens (including phenoxy) is 1. The van der Waals surface area contributed by atoms with Crippen molar-refractivity contribution in [1.29, 1.82) is 0 Å². The van der Waals surface area contributed by atoms with Crippen molar-refractivity contribution in [2.45, 2.75) is 13.5 Å². The van der Waals surface area contributed by atoms with Crippen molar-refractivity contribution < 1.29 is 9.53 Å². The summed E-state index contributed by atoms with van der Waals surface area (Å²) in [5.74, 6) is 2.80. The molecule has 0 unspecified atom stereocenters. The van der Waals surface area contributed by atoms with Crippen molar-refractivity contribution in [3.63, 3.8) is 0 Å². The van der Waals surface area contributed by atoms with E-state index in [1.807, 2.05) is 42.2 Å². The standard InChI is InChI=1S/C23H32N6O2/c1-19-24-21(27-10-8-26(2)9-11-27)16-22(25-19)28-12-14-29(15-13-28)23(30)18-31-17-20-6-4-3-5-7-20/h3-7,16H,8-15,17-18H2,1-2H3. The molecule has 8 heteroatoms. The van der Waals surface area contributed by atoms with Crippen molar-refractivity contribution >= 4 is 17.5 Å². The number of aromatic nitrogens is 2. The average Bonchev–Trinajstić information content (AvgIpc) is 2.80. The van der Waals surface area contributed by atoms with Gasteiger partial charge in [0.2, 0.25) is 5.91 Å². The normalized spacial score (nSPS) is 17.8. The highest BCUT2D eigenvalue weighted by atomic mass is 16.5. The highest BCUT2D eigenvalue weighted by Crippen LogP contribution is 2.21. The molecule has 0 aliphatic carbocycles. The molecule has 31 heavy (non-hydrogen) atoms. The summed E-state index contributed by atoms with van der Waals surface area (Å²) in [5.41, 5.74) is 1.08. The van der Waals surface area contributed by atoms with Crippen LogP contribution in [-0.2, 0) is 16.1 Å². The van der Waals surface area contributed by atoms with Crippen LogP contribution < -0.4 is 9.80 Å². The van der Waals surface area contributed by atoms with Crippen LogP contribution in [0.1, 0.15) is 11.4 Å². The van der Waals surface area contributed by atoms with Crippen molar-refractivity contribution in [2.24, 2.45) is 0 Å². The number of amides is 1. The van der Waals surface area contributed by atoms with Gasteiger partial charge in [0.25, 0.3) is 0 Å². The number of hydrogen-bond donors (Lipinski definition) is 0. The van der Waals surface area contributed by atoms with Gasteiger partial charge in [-0.25, -0.2) is 9.97 Å². The van der Waals surface area contributed by atoms with E-state index in [0.717, 1.165) is 62.3 Å². The molecule has 166 valence electrons. The molecule has 1 amide bonds. The van der Waals surface area contributed by atoms with E-state index in [4.69, 9.17) is 4.74 Å². The molecule has 0 bridgehead atoms. The number of benzene rings is 1. The van der Waals surface area contributed by atoms with Gasteiger partial charge in [0, 0.05) is 58.4 Å². The van der Waals surface area contributed by atoms with Gasteiger partial charge >= 0.3 is 0 Å². The van der Waals surface area contributed by atoms with Crippen LogP contribution in [0.2, 0.25) is 0 Å². The van der Waals surface area contributed by atoms with Crippen molar-refractivity contribution in [2.75, 3.05) is 75.8 Å². The zero-order valence-corrected chi connectivity index (χ0v) is 18.5. The van der Waals surface area contributed by atoms with Gasteiger partial charge in [0.1, 0.15) is 24.1 Å². The summed E-state index contributed by atoms with van der Waals surface area (Å²) >= 11 is 0. The monoisotopic (exact) mass is 424 g/mol. The van der Waals surface area contributed by atoms with Crippen molar-refractivity contribution in [1.82, 2.24) is 19.8 Å². The predicted octanol–water partition coefficient (Wildman–Crippen LogP) is 1.40. The lowest BCUT2D eigenvalue weighted by atomic mass is 10.2. The third kappa shape index (κ3) is 5.71. The number of aryl methyl sites for hydroxylation is 1. The van der Waals surface area contributed by atoms with E-state index in [2.05, 4.69) is 37.8 Å². The number of likely N-dealkylation sites (N-methyl/N-ethyl adjacent to an activating group) is 1. The fourth-order valence-electron chi connectivity index (χ4n) is 4.00. The maximum absolute atomic E-state index is 12.5. The minimum absolute atomic E-state index is 0.0487. The molecule has 2 aliphatic rings. The lowest BCUT2D eigenvalue weighted by molar-refractivity contribution is -0.136. The Morgan fingerprint density at radius 2 is 1.48 bits per heavy atom. The molecule has 4 rings (SSSR count). The van der Waals surface area contributed by atoms with E-state index in [1.54, 1.807) is 0 Å². The van der Waals surface area contributed by atoms with Gasteiger partial charge in [-0.1, -0.05) is 30.3 Å². The summed E-state index contributed by atoms with van der Waals surface area (Å²) in [6.07, 6.45) is 0. The molecule has 3 heterocycles. The van der Waals surface area contributed by atoms with Crippen LogP contribution in [0.5, 0.6) is 0 Å². The summed E-state index contributed by atoms with van der Waals surface area (Å²) in [6.45, 7) is 9.49. The van der Waals surface area contributed by atoms with E-state index in [9.17, 15) is 4.79 Å². The molecule has 1 aromatic carbocycles. The van der Waals surface area contributed by atoms with Crippen LogP contribution >= 0.6 is 0 Å². The average molecular weight is 425 g/mol. The van der Waals surface area contributed by atoms with Crippen LogP contribution in [0.25, 0.3) is 0 Å². The summed E-state index contributed by atoms with van der Waals surface area (Å²) in [4.78, 5) is 30.7. The van der Waals surface area contributed by atoms with E-state index in [1.165, 1.54) is 0 Å². The first-order valence-corrected chi connectivity index (χ1v) is 11.0. The lowest BCUT2D eigenvalue weighted by Crippen LogP contribution is -2.50. The Labute approximate surface area is 184 Å². The second-order valence-electron chi connectivity index (χ2n) is 8.27. The Morgan fingerprint density at radius 3 is 2.10 bits per heavy atom. The number of carbonyl (C=O) groups is 1. The number of piperazine rings is 2. The molecule has 2 saturated heterocycles. The maximum atomic E-state index is 12.5. The first kappa shape index (κ1) is 21.5. The van der Waals surface area contributed by atoms with Gasteiger partial charge in [0.05, 0.1) is 6.61 Å². The van der Waals surface area contributed by atoms with Gasteiger partial charge < -0.3 is 24.3 Å². The van der Waals surface area contributed by atoms with Gasteiger partial charge in [0.15, 0.2) is 0 Å². The van der Waals surface area contributed by atoms with E-state index < -0.39 is 0 Å². The first-order valence-electron chi connectivity index (χ1n) is 11.0. The molecule has 2 fully saturated rings. The van der Waals surface area contributed by atoms with Gasteiger partial charge in [-0.15, -0.1) is 0 Å². The Morgan fingerprint density at radius 1 is 0.903 bits per heavy atom. The SMILES string of the molecule is Cc1nc(N2CCN(C)CC2)cc(N2CCN(C(=O)COCc3ccccc3)CC2)n1. The molecule has 0 atom stereocenters. The zero-order chi connectivity index (χ0) is 21.6. The number of hydrogen-bond acceptors (Lipinski definition) is 7. The third-order valence-electron chi connectivity index (χ3n) is 5.93. The van der Waals surface area contributed by atoms with E-state index in [-0.39, 0.29) is 12.5 Å². The Hall–Kier alpha value is -2.71. The first-order chi connectivity index (χ1) is 15.1. The highest BCUT2D eigenvalue weighted by molar-refractivity contribution is 5.77. The van der Waals surface area contributed by atoms with Gasteiger partial charge in [-0.2, -0.15) is 0 Å². The van der Waals surface area contributed by atoms with Crippen LogP contribution in [-0.4, -0.2) is 91.7 Å². The van der Waals surface area contributed by atoms with Crippen LogP contribution in [0.4, 0.5) is 11.6 Å². The minimum atomic E-state index is 0.0487. The van der Waals surface area contributed by atoms with Crippen molar-refractivity contribution in [3.05, 3.63) is 47.8 Å². The fourth-order valence-corrected chi connectivity index (χ4v) is 4.00.